The Balaban J connectivity index is 1.22. The van der Waals surface area contributed by atoms with Crippen LogP contribution >= 0.6 is 0 Å². The zero-order chi connectivity index (χ0) is 34.1. The fourth-order valence-electron chi connectivity index (χ4n) is 8.46. The first-order valence-electron chi connectivity index (χ1n) is 17.7. The molecular formula is C49H35NO. The summed E-state index contributed by atoms with van der Waals surface area (Å²) in [5.41, 5.74) is 15.0. The largest absolute Gasteiger partial charge is 0.454 e. The molecule has 1 aliphatic carbocycles. The minimum absolute atomic E-state index is 0.0894. The number of fused-ring (bicyclic) bond motifs is 7. The Labute approximate surface area is 297 Å². The quantitative estimate of drug-likeness (QED) is 0.184. The van der Waals surface area contributed by atoms with Crippen molar-refractivity contribution in [3.05, 3.63) is 187 Å². The van der Waals surface area contributed by atoms with Crippen molar-refractivity contribution in [2.24, 2.45) is 0 Å². The average Bonchev–Trinajstić information content (AvgIpc) is 3.68. The molecule has 0 saturated carbocycles. The van der Waals surface area contributed by atoms with Gasteiger partial charge < -0.3 is 9.32 Å². The lowest BCUT2D eigenvalue weighted by Gasteiger charge is -2.29. The zero-order valence-corrected chi connectivity index (χ0v) is 28.6. The maximum absolute atomic E-state index is 6.70. The van der Waals surface area contributed by atoms with Crippen LogP contribution in [0.2, 0.25) is 0 Å². The van der Waals surface area contributed by atoms with Gasteiger partial charge in [0.2, 0.25) is 0 Å². The summed E-state index contributed by atoms with van der Waals surface area (Å²) in [4.78, 5) is 2.39. The lowest BCUT2D eigenvalue weighted by atomic mass is 9.82. The molecule has 9 aromatic rings. The number of anilines is 3. The van der Waals surface area contributed by atoms with Crippen molar-refractivity contribution < 1.29 is 4.42 Å². The fourth-order valence-corrected chi connectivity index (χ4v) is 8.46. The third-order valence-corrected chi connectivity index (χ3v) is 10.9. The van der Waals surface area contributed by atoms with Gasteiger partial charge in [-0.25, -0.2) is 0 Å². The van der Waals surface area contributed by atoms with Crippen molar-refractivity contribution in [3.8, 4) is 33.4 Å². The maximum Gasteiger partial charge on any atom is 0.159 e. The Bertz CT molecular complexity index is 2780. The van der Waals surface area contributed by atoms with E-state index in [9.17, 15) is 0 Å². The van der Waals surface area contributed by atoms with E-state index < -0.39 is 0 Å². The standard InChI is InChI=1S/C49H35NO/c1-49(2)42-23-8-5-19-41(42)47-39(21-12-24-43(47)49)37-17-6-9-25-44(37)50(45-26-13-22-40-38-18-7-10-27-46(38)51-48(40)45)34-30-28-33(29-31-34)36-20-11-15-32-14-3-4-16-35(32)36/h3-31H,1-2H3. The highest BCUT2D eigenvalue weighted by Crippen LogP contribution is 2.54. The van der Waals surface area contributed by atoms with Gasteiger partial charge in [-0.1, -0.05) is 159 Å². The van der Waals surface area contributed by atoms with Gasteiger partial charge in [-0.15, -0.1) is 0 Å². The number of rotatable bonds is 5. The Kier molecular flexibility index (Phi) is 6.56. The van der Waals surface area contributed by atoms with Gasteiger partial charge >= 0.3 is 0 Å². The molecule has 1 heterocycles. The monoisotopic (exact) mass is 653 g/mol. The molecule has 0 aliphatic heterocycles. The number of para-hydroxylation sites is 3. The van der Waals surface area contributed by atoms with Crippen molar-refractivity contribution in [1.29, 1.82) is 0 Å². The molecule has 0 atom stereocenters. The molecule has 8 aromatic carbocycles. The Morgan fingerprint density at radius 1 is 0.431 bits per heavy atom. The maximum atomic E-state index is 6.70. The number of furan rings is 1. The predicted molar refractivity (Wildman–Crippen MR) is 214 cm³/mol. The van der Waals surface area contributed by atoms with Crippen LogP contribution in [0.15, 0.2) is 180 Å². The van der Waals surface area contributed by atoms with Gasteiger partial charge in [-0.05, 0) is 80.0 Å². The smallest absolute Gasteiger partial charge is 0.159 e. The van der Waals surface area contributed by atoms with Crippen LogP contribution in [0.3, 0.4) is 0 Å². The molecule has 10 rings (SSSR count). The molecule has 0 saturated heterocycles. The third-order valence-electron chi connectivity index (χ3n) is 10.9. The molecule has 0 amide bonds. The molecule has 1 aromatic heterocycles. The molecule has 0 spiro atoms. The number of hydrogen-bond donors (Lipinski definition) is 0. The molecule has 2 nitrogen and oxygen atoms in total. The topological polar surface area (TPSA) is 16.4 Å². The molecule has 0 N–H and O–H groups in total. The second-order valence-electron chi connectivity index (χ2n) is 14.1. The summed E-state index contributed by atoms with van der Waals surface area (Å²) in [6.45, 7) is 4.69. The molecule has 242 valence electrons. The summed E-state index contributed by atoms with van der Waals surface area (Å²) < 4.78 is 6.70. The molecule has 0 fully saturated rings. The predicted octanol–water partition coefficient (Wildman–Crippen LogP) is 13.8. The van der Waals surface area contributed by atoms with Gasteiger partial charge in [-0.3, -0.25) is 0 Å². The summed E-state index contributed by atoms with van der Waals surface area (Å²) in [7, 11) is 0. The van der Waals surface area contributed by atoms with E-state index in [0.29, 0.717) is 0 Å². The van der Waals surface area contributed by atoms with Gasteiger partial charge in [0.1, 0.15) is 5.58 Å². The average molecular weight is 654 g/mol. The minimum atomic E-state index is -0.0894. The number of benzene rings is 8. The second-order valence-corrected chi connectivity index (χ2v) is 14.1. The zero-order valence-electron chi connectivity index (χ0n) is 28.6. The summed E-state index contributed by atoms with van der Waals surface area (Å²) in [6, 6.07) is 63.6. The van der Waals surface area contributed by atoms with Crippen molar-refractivity contribution >= 4 is 49.8 Å². The highest BCUT2D eigenvalue weighted by Gasteiger charge is 2.37. The van der Waals surface area contributed by atoms with Crippen LogP contribution in [0.1, 0.15) is 25.0 Å². The van der Waals surface area contributed by atoms with Gasteiger partial charge in [0.05, 0.1) is 11.4 Å². The lowest BCUT2D eigenvalue weighted by molar-refractivity contribution is 0.660. The van der Waals surface area contributed by atoms with Crippen LogP contribution in [0.4, 0.5) is 17.1 Å². The van der Waals surface area contributed by atoms with E-state index in [-0.39, 0.29) is 5.41 Å². The Morgan fingerprint density at radius 2 is 1.02 bits per heavy atom. The normalized spacial score (nSPS) is 13.1. The van der Waals surface area contributed by atoms with Crippen LogP contribution < -0.4 is 4.90 Å². The van der Waals surface area contributed by atoms with Crippen molar-refractivity contribution in [3.63, 3.8) is 0 Å². The molecular weight excluding hydrogens is 619 g/mol. The first-order valence-corrected chi connectivity index (χ1v) is 17.7. The molecule has 51 heavy (non-hydrogen) atoms. The Morgan fingerprint density at radius 3 is 1.90 bits per heavy atom. The van der Waals surface area contributed by atoms with Crippen molar-refractivity contribution in [2.75, 3.05) is 4.90 Å². The molecule has 0 bridgehead atoms. The van der Waals surface area contributed by atoms with Crippen LogP contribution in [-0.2, 0) is 5.41 Å². The first-order chi connectivity index (χ1) is 25.1. The SMILES string of the molecule is CC1(C)c2ccccc2-c2c(-c3ccccc3N(c3ccc(-c4cccc5ccccc45)cc3)c3cccc4c3oc3ccccc34)cccc21. The summed E-state index contributed by atoms with van der Waals surface area (Å²) >= 11 is 0. The third kappa shape index (κ3) is 4.50. The summed E-state index contributed by atoms with van der Waals surface area (Å²) in [5, 5.41) is 4.72. The Hall–Kier alpha value is -6.38. The number of nitrogens with zero attached hydrogens (tertiary/aromatic N) is 1. The second kappa shape index (κ2) is 11.3. The minimum Gasteiger partial charge on any atom is -0.454 e. The van der Waals surface area contributed by atoms with E-state index >= 15 is 0 Å². The van der Waals surface area contributed by atoms with Crippen LogP contribution in [-0.4, -0.2) is 0 Å². The molecule has 0 unspecified atom stereocenters. The van der Waals surface area contributed by atoms with E-state index in [1.165, 1.54) is 55.3 Å². The van der Waals surface area contributed by atoms with Crippen LogP contribution in [0.5, 0.6) is 0 Å². The van der Waals surface area contributed by atoms with Gasteiger partial charge in [-0.2, -0.15) is 0 Å². The van der Waals surface area contributed by atoms with Crippen molar-refractivity contribution in [2.45, 2.75) is 19.3 Å². The highest BCUT2D eigenvalue weighted by atomic mass is 16.3. The fraction of sp³-hybridized carbons (Fsp3) is 0.0612. The summed E-state index contributed by atoms with van der Waals surface area (Å²) in [5.74, 6) is 0. The number of hydrogen-bond acceptors (Lipinski definition) is 2. The van der Waals surface area contributed by atoms with Crippen molar-refractivity contribution in [1.82, 2.24) is 0 Å². The first kappa shape index (κ1) is 29.5. The lowest BCUT2D eigenvalue weighted by Crippen LogP contribution is -2.15. The van der Waals surface area contributed by atoms with E-state index in [1.807, 2.05) is 6.07 Å². The van der Waals surface area contributed by atoms with E-state index in [4.69, 9.17) is 4.42 Å². The summed E-state index contributed by atoms with van der Waals surface area (Å²) in [6.07, 6.45) is 0. The molecule has 1 aliphatic rings. The molecule has 0 radical (unpaired) electrons. The van der Waals surface area contributed by atoms with Gasteiger partial charge in [0.25, 0.3) is 0 Å². The van der Waals surface area contributed by atoms with E-state index in [0.717, 1.165) is 39.0 Å². The molecule has 2 heteroatoms. The van der Waals surface area contributed by atoms with Crippen LogP contribution in [0, 0.1) is 0 Å². The van der Waals surface area contributed by atoms with E-state index in [2.05, 4.69) is 189 Å². The highest BCUT2D eigenvalue weighted by molar-refractivity contribution is 6.11. The van der Waals surface area contributed by atoms with Crippen LogP contribution in [0.25, 0.3) is 66.1 Å². The van der Waals surface area contributed by atoms with Gasteiger partial charge in [0.15, 0.2) is 5.58 Å². The van der Waals surface area contributed by atoms with Gasteiger partial charge in [0, 0.05) is 27.4 Å². The van der Waals surface area contributed by atoms with E-state index in [1.54, 1.807) is 0 Å².